The van der Waals surface area contributed by atoms with E-state index in [1.807, 2.05) is 6.07 Å². The van der Waals surface area contributed by atoms with Crippen molar-refractivity contribution >= 4 is 28.9 Å². The van der Waals surface area contributed by atoms with Crippen LogP contribution in [0.15, 0.2) is 42.5 Å². The first kappa shape index (κ1) is 15.8. The van der Waals surface area contributed by atoms with Crippen LogP contribution in [0.1, 0.15) is 12.5 Å². The Hall–Kier alpha value is -2.58. The number of halogens is 2. The second kappa shape index (κ2) is 6.92. The summed E-state index contributed by atoms with van der Waals surface area (Å²) in [7, 11) is 0. The molecule has 2 N–H and O–H groups in total. The lowest BCUT2D eigenvalue weighted by Gasteiger charge is -2.15. The third kappa shape index (κ3) is 3.96. The van der Waals surface area contributed by atoms with Crippen LogP contribution >= 0.6 is 11.6 Å². The number of carbonyl (C=O) groups is 1. The first-order valence-electron chi connectivity index (χ1n) is 6.52. The molecular formula is C16H13ClFN3O. The van der Waals surface area contributed by atoms with Gasteiger partial charge in [-0.05, 0) is 49.4 Å². The Morgan fingerprint density at radius 2 is 1.86 bits per heavy atom. The van der Waals surface area contributed by atoms with Gasteiger partial charge in [0.15, 0.2) is 0 Å². The number of nitrogens with zero attached hydrogens (tertiary/aromatic N) is 1. The molecule has 4 nitrogen and oxygen atoms in total. The number of carbonyl (C=O) groups excluding carboxylic acids is 1. The molecule has 0 aliphatic rings. The number of nitriles is 1. The number of nitrogens with one attached hydrogen (secondary N) is 2. The van der Waals surface area contributed by atoms with Crippen LogP contribution in [0.3, 0.4) is 0 Å². The molecule has 1 amide bonds. The molecule has 112 valence electrons. The Morgan fingerprint density at radius 3 is 2.45 bits per heavy atom. The molecule has 0 saturated carbocycles. The average Bonchev–Trinajstić information content (AvgIpc) is 2.51. The molecule has 0 saturated heterocycles. The van der Waals surface area contributed by atoms with Crippen LogP contribution in [0.5, 0.6) is 0 Å². The Morgan fingerprint density at radius 1 is 1.23 bits per heavy atom. The van der Waals surface area contributed by atoms with Gasteiger partial charge in [0.25, 0.3) is 0 Å². The van der Waals surface area contributed by atoms with Crippen LogP contribution in [0.2, 0.25) is 5.02 Å². The summed E-state index contributed by atoms with van der Waals surface area (Å²) in [5.41, 5.74) is 1.66. The van der Waals surface area contributed by atoms with Gasteiger partial charge < -0.3 is 10.6 Å². The molecule has 22 heavy (non-hydrogen) atoms. The van der Waals surface area contributed by atoms with Crippen molar-refractivity contribution in [2.45, 2.75) is 13.0 Å². The van der Waals surface area contributed by atoms with E-state index in [-0.39, 0.29) is 10.9 Å². The Labute approximate surface area is 132 Å². The summed E-state index contributed by atoms with van der Waals surface area (Å²) in [5.74, 6) is -0.771. The van der Waals surface area contributed by atoms with Crippen molar-refractivity contribution in [2.75, 3.05) is 10.6 Å². The van der Waals surface area contributed by atoms with Gasteiger partial charge in [0.2, 0.25) is 5.91 Å². The van der Waals surface area contributed by atoms with Crippen molar-refractivity contribution in [3.05, 3.63) is 58.9 Å². The van der Waals surface area contributed by atoms with Crippen LogP contribution in [0, 0.1) is 17.1 Å². The Kier molecular flexibility index (Phi) is 4.97. The molecule has 0 spiro atoms. The number of anilines is 2. The molecule has 0 radical (unpaired) electrons. The van der Waals surface area contributed by atoms with Crippen molar-refractivity contribution in [1.82, 2.24) is 0 Å². The van der Waals surface area contributed by atoms with E-state index in [2.05, 4.69) is 10.6 Å². The van der Waals surface area contributed by atoms with E-state index in [1.165, 1.54) is 18.2 Å². The topological polar surface area (TPSA) is 64.9 Å². The molecular weight excluding hydrogens is 305 g/mol. The lowest BCUT2D eigenvalue weighted by Crippen LogP contribution is -2.31. The van der Waals surface area contributed by atoms with E-state index < -0.39 is 11.9 Å². The molecule has 2 rings (SSSR count). The normalized spacial score (nSPS) is 11.4. The Bertz CT molecular complexity index is 725. The van der Waals surface area contributed by atoms with Gasteiger partial charge in [0.1, 0.15) is 11.9 Å². The fourth-order valence-electron chi connectivity index (χ4n) is 1.78. The maximum atomic E-state index is 13.1. The Balaban J connectivity index is 1.99. The minimum Gasteiger partial charge on any atom is -0.374 e. The van der Waals surface area contributed by atoms with Gasteiger partial charge >= 0.3 is 0 Å². The van der Waals surface area contributed by atoms with Gasteiger partial charge in [-0.15, -0.1) is 0 Å². The predicted octanol–water partition coefficient (Wildman–Crippen LogP) is 3.79. The molecule has 0 unspecified atom stereocenters. The summed E-state index contributed by atoms with van der Waals surface area (Å²) in [6.07, 6.45) is 0. The van der Waals surface area contributed by atoms with E-state index >= 15 is 0 Å². The zero-order valence-corrected chi connectivity index (χ0v) is 12.5. The van der Waals surface area contributed by atoms with Gasteiger partial charge in [-0.25, -0.2) is 4.39 Å². The molecule has 2 aromatic rings. The van der Waals surface area contributed by atoms with Crippen molar-refractivity contribution < 1.29 is 9.18 Å². The van der Waals surface area contributed by atoms with Crippen LogP contribution in [-0.4, -0.2) is 11.9 Å². The third-order valence-corrected chi connectivity index (χ3v) is 3.27. The van der Waals surface area contributed by atoms with Crippen molar-refractivity contribution in [3.8, 4) is 6.07 Å². The summed E-state index contributed by atoms with van der Waals surface area (Å²) in [4.78, 5) is 12.1. The number of benzene rings is 2. The minimum atomic E-state index is -0.544. The highest BCUT2D eigenvalue weighted by Crippen LogP contribution is 2.20. The maximum absolute atomic E-state index is 13.1. The number of amides is 1. The molecule has 0 bridgehead atoms. The second-order valence-electron chi connectivity index (χ2n) is 4.67. The molecule has 0 fully saturated rings. The van der Waals surface area contributed by atoms with E-state index in [4.69, 9.17) is 16.9 Å². The highest BCUT2D eigenvalue weighted by Gasteiger charge is 2.13. The van der Waals surface area contributed by atoms with Gasteiger partial charge in [0, 0.05) is 11.4 Å². The highest BCUT2D eigenvalue weighted by atomic mass is 35.5. The number of hydrogen-bond acceptors (Lipinski definition) is 3. The molecule has 0 aromatic heterocycles. The van der Waals surface area contributed by atoms with Gasteiger partial charge in [-0.3, -0.25) is 4.79 Å². The lowest BCUT2D eigenvalue weighted by molar-refractivity contribution is -0.116. The van der Waals surface area contributed by atoms with Gasteiger partial charge in [-0.2, -0.15) is 5.26 Å². The quantitative estimate of drug-likeness (QED) is 0.901. The van der Waals surface area contributed by atoms with Crippen molar-refractivity contribution in [2.24, 2.45) is 0 Å². The first-order valence-corrected chi connectivity index (χ1v) is 6.90. The number of rotatable bonds is 4. The van der Waals surface area contributed by atoms with E-state index in [1.54, 1.807) is 31.2 Å². The summed E-state index contributed by atoms with van der Waals surface area (Å²) in [5, 5.41) is 14.4. The van der Waals surface area contributed by atoms with Crippen LogP contribution in [0.4, 0.5) is 15.8 Å². The zero-order valence-electron chi connectivity index (χ0n) is 11.7. The standard InChI is InChI=1S/C16H13ClFN3O/c1-10(20-13-6-7-15(18)14(17)8-13)16(22)21-12-4-2-11(9-19)3-5-12/h2-8,10,20H,1H3,(H,21,22)/t10-/m0/s1. The third-order valence-electron chi connectivity index (χ3n) is 2.98. The summed E-state index contributed by atoms with van der Waals surface area (Å²) >= 11 is 5.69. The van der Waals surface area contributed by atoms with Crippen LogP contribution < -0.4 is 10.6 Å². The zero-order chi connectivity index (χ0) is 16.1. The first-order chi connectivity index (χ1) is 10.5. The molecule has 0 aliphatic carbocycles. The van der Waals surface area contributed by atoms with Crippen LogP contribution in [0.25, 0.3) is 0 Å². The summed E-state index contributed by atoms with van der Waals surface area (Å²) in [6, 6.07) is 12.2. The van der Waals surface area contributed by atoms with E-state index in [0.717, 1.165) is 0 Å². The van der Waals surface area contributed by atoms with Crippen molar-refractivity contribution in [1.29, 1.82) is 5.26 Å². The highest BCUT2D eigenvalue weighted by molar-refractivity contribution is 6.31. The fourth-order valence-corrected chi connectivity index (χ4v) is 1.96. The van der Waals surface area contributed by atoms with Gasteiger partial charge in [-0.1, -0.05) is 11.6 Å². The lowest BCUT2D eigenvalue weighted by atomic mass is 10.2. The largest absolute Gasteiger partial charge is 0.374 e. The monoisotopic (exact) mass is 317 g/mol. The molecule has 6 heteroatoms. The SMILES string of the molecule is C[C@H](Nc1ccc(F)c(Cl)c1)C(=O)Nc1ccc(C#N)cc1. The van der Waals surface area contributed by atoms with Crippen molar-refractivity contribution in [3.63, 3.8) is 0 Å². The summed E-state index contributed by atoms with van der Waals surface area (Å²) < 4.78 is 13.1. The minimum absolute atomic E-state index is 0.00954. The maximum Gasteiger partial charge on any atom is 0.246 e. The fraction of sp³-hybridized carbons (Fsp3) is 0.125. The summed E-state index contributed by atoms with van der Waals surface area (Å²) in [6.45, 7) is 1.68. The molecule has 0 aliphatic heterocycles. The number of hydrogen-bond donors (Lipinski definition) is 2. The molecule has 1 atom stereocenters. The molecule has 2 aromatic carbocycles. The smallest absolute Gasteiger partial charge is 0.246 e. The average molecular weight is 318 g/mol. The van der Waals surface area contributed by atoms with E-state index in [9.17, 15) is 9.18 Å². The second-order valence-corrected chi connectivity index (χ2v) is 5.08. The molecule has 0 heterocycles. The van der Waals surface area contributed by atoms with Gasteiger partial charge in [0.05, 0.1) is 16.7 Å². The van der Waals surface area contributed by atoms with E-state index in [0.29, 0.717) is 16.9 Å². The van der Waals surface area contributed by atoms with Crippen LogP contribution in [-0.2, 0) is 4.79 Å². The predicted molar refractivity (Wildman–Crippen MR) is 84.3 cm³/mol.